The van der Waals surface area contributed by atoms with Crippen LogP contribution in [-0.4, -0.2) is 51.8 Å². The van der Waals surface area contributed by atoms with Crippen molar-refractivity contribution in [1.82, 2.24) is 10.6 Å². The molecule has 0 spiro atoms. The molecule has 0 aliphatic heterocycles. The quantitative estimate of drug-likeness (QED) is 0.112. The summed E-state index contributed by atoms with van der Waals surface area (Å²) in [6, 6.07) is 6.66. The number of anilines is 1. The van der Waals surface area contributed by atoms with Gasteiger partial charge in [-0.3, -0.25) is 19.3 Å². The van der Waals surface area contributed by atoms with E-state index in [0.29, 0.717) is 19.1 Å². The van der Waals surface area contributed by atoms with Gasteiger partial charge in [0.15, 0.2) is 5.96 Å². The SMILES string of the molecule is CCNC(=NCCNc1ccc([N+](=O)[O-])cc1)NC1CCCC(S(=O)CC)C1.I. The molecule has 1 saturated carbocycles. The molecule has 2 rings (SSSR count). The fraction of sp³-hybridized carbons (Fsp3) is 0.632. The summed E-state index contributed by atoms with van der Waals surface area (Å²) in [5.74, 6) is 1.50. The number of rotatable bonds is 9. The number of hydrogen-bond donors (Lipinski definition) is 3. The standard InChI is InChI=1S/C19H31N5O3S.HI/c1-3-20-19(23-16-6-5-7-18(14-16)28(27)4-2)22-13-12-21-15-8-10-17(11-9-15)24(25)26;/h8-11,16,18,21H,3-7,12-14H2,1-2H3,(H2,20,22,23);1H. The number of halogens is 1. The molecule has 10 heteroatoms. The average molecular weight is 537 g/mol. The van der Waals surface area contributed by atoms with Gasteiger partial charge in [0, 0.05) is 58.8 Å². The Hall–Kier alpha value is -1.43. The van der Waals surface area contributed by atoms with Gasteiger partial charge in [-0.25, -0.2) is 0 Å². The zero-order chi connectivity index (χ0) is 20.4. The van der Waals surface area contributed by atoms with Gasteiger partial charge < -0.3 is 16.0 Å². The molecule has 3 unspecified atom stereocenters. The molecule has 164 valence electrons. The van der Waals surface area contributed by atoms with Crippen LogP contribution in [0.2, 0.25) is 0 Å². The Morgan fingerprint density at radius 1 is 1.28 bits per heavy atom. The lowest BCUT2D eigenvalue weighted by molar-refractivity contribution is -0.384. The van der Waals surface area contributed by atoms with Crippen LogP contribution >= 0.6 is 24.0 Å². The molecule has 0 heterocycles. The first-order valence-electron chi connectivity index (χ1n) is 9.93. The van der Waals surface area contributed by atoms with E-state index in [1.807, 2.05) is 13.8 Å². The monoisotopic (exact) mass is 537 g/mol. The van der Waals surface area contributed by atoms with Gasteiger partial charge in [0.05, 0.1) is 11.5 Å². The Labute approximate surface area is 192 Å². The molecular weight excluding hydrogens is 505 g/mol. The first-order valence-corrected chi connectivity index (χ1v) is 11.3. The minimum Gasteiger partial charge on any atom is -0.383 e. The van der Waals surface area contributed by atoms with Gasteiger partial charge in [-0.1, -0.05) is 13.3 Å². The van der Waals surface area contributed by atoms with E-state index < -0.39 is 15.7 Å². The molecule has 0 aromatic heterocycles. The van der Waals surface area contributed by atoms with Crippen molar-refractivity contribution in [2.24, 2.45) is 4.99 Å². The second-order valence-electron chi connectivity index (χ2n) is 6.79. The number of nitro groups is 1. The lowest BCUT2D eigenvalue weighted by atomic mass is 9.95. The van der Waals surface area contributed by atoms with Crippen LogP contribution in [0.5, 0.6) is 0 Å². The second kappa shape index (κ2) is 13.7. The van der Waals surface area contributed by atoms with E-state index in [-0.39, 0.29) is 34.9 Å². The number of nitro benzene ring substituents is 1. The van der Waals surface area contributed by atoms with Gasteiger partial charge in [0.1, 0.15) is 0 Å². The van der Waals surface area contributed by atoms with Crippen molar-refractivity contribution in [1.29, 1.82) is 0 Å². The highest BCUT2D eigenvalue weighted by Gasteiger charge is 2.25. The molecule has 0 radical (unpaired) electrons. The van der Waals surface area contributed by atoms with Gasteiger partial charge in [-0.15, -0.1) is 24.0 Å². The van der Waals surface area contributed by atoms with Gasteiger partial charge in [0.2, 0.25) is 0 Å². The van der Waals surface area contributed by atoms with Gasteiger partial charge in [0.25, 0.3) is 5.69 Å². The Morgan fingerprint density at radius 3 is 2.62 bits per heavy atom. The summed E-state index contributed by atoms with van der Waals surface area (Å²) < 4.78 is 12.1. The third-order valence-electron chi connectivity index (χ3n) is 4.76. The summed E-state index contributed by atoms with van der Waals surface area (Å²) in [6.07, 6.45) is 4.13. The Bertz CT molecular complexity index is 687. The minimum atomic E-state index is -0.738. The van der Waals surface area contributed by atoms with Crippen LogP contribution in [0.1, 0.15) is 39.5 Å². The highest BCUT2D eigenvalue weighted by Crippen LogP contribution is 2.23. The summed E-state index contributed by atoms with van der Waals surface area (Å²) >= 11 is 0. The molecular formula is C19H32IN5O3S. The average Bonchev–Trinajstić information content (AvgIpc) is 2.71. The van der Waals surface area contributed by atoms with Crippen molar-refractivity contribution in [3.8, 4) is 0 Å². The summed E-state index contributed by atoms with van der Waals surface area (Å²) in [5.41, 5.74) is 0.910. The van der Waals surface area contributed by atoms with Crippen LogP contribution in [0, 0.1) is 10.1 Å². The summed E-state index contributed by atoms with van der Waals surface area (Å²) in [7, 11) is -0.738. The summed E-state index contributed by atoms with van der Waals surface area (Å²) in [5, 5.41) is 20.9. The third-order valence-corrected chi connectivity index (χ3v) is 6.50. The summed E-state index contributed by atoms with van der Waals surface area (Å²) in [6.45, 7) is 5.99. The van der Waals surface area contributed by atoms with Crippen molar-refractivity contribution >= 4 is 52.1 Å². The van der Waals surface area contributed by atoms with E-state index in [2.05, 4.69) is 20.9 Å². The van der Waals surface area contributed by atoms with Crippen LogP contribution in [0.3, 0.4) is 0 Å². The van der Waals surface area contributed by atoms with E-state index in [0.717, 1.165) is 49.6 Å². The van der Waals surface area contributed by atoms with E-state index in [1.54, 1.807) is 12.1 Å². The molecule has 3 N–H and O–H groups in total. The van der Waals surface area contributed by atoms with Crippen molar-refractivity contribution in [3.05, 3.63) is 34.4 Å². The fourth-order valence-electron chi connectivity index (χ4n) is 3.33. The van der Waals surface area contributed by atoms with E-state index in [4.69, 9.17) is 0 Å². The molecule has 1 aliphatic rings. The molecule has 1 aromatic carbocycles. The number of hydrogen-bond acceptors (Lipinski definition) is 5. The first kappa shape index (κ1) is 25.6. The third kappa shape index (κ3) is 8.85. The Morgan fingerprint density at radius 2 is 2.00 bits per heavy atom. The lowest BCUT2D eigenvalue weighted by Crippen LogP contribution is -2.46. The van der Waals surface area contributed by atoms with Crippen LogP contribution < -0.4 is 16.0 Å². The Kier molecular flexibility index (Phi) is 12.1. The molecule has 29 heavy (non-hydrogen) atoms. The zero-order valence-corrected chi connectivity index (χ0v) is 20.2. The largest absolute Gasteiger partial charge is 0.383 e. The smallest absolute Gasteiger partial charge is 0.269 e. The number of non-ortho nitro benzene ring substituents is 1. The number of aliphatic imine (C=N–C) groups is 1. The van der Waals surface area contributed by atoms with Crippen molar-refractivity contribution in [2.75, 3.05) is 30.7 Å². The highest BCUT2D eigenvalue weighted by atomic mass is 127. The Balaban J connectivity index is 0.00000420. The predicted molar refractivity (Wildman–Crippen MR) is 131 cm³/mol. The molecule has 8 nitrogen and oxygen atoms in total. The highest BCUT2D eigenvalue weighted by molar-refractivity contribution is 14.0. The van der Waals surface area contributed by atoms with Crippen LogP contribution in [0.4, 0.5) is 11.4 Å². The van der Waals surface area contributed by atoms with Gasteiger partial charge in [-0.2, -0.15) is 0 Å². The molecule has 3 atom stereocenters. The maximum absolute atomic E-state index is 12.1. The van der Waals surface area contributed by atoms with E-state index in [9.17, 15) is 14.3 Å². The van der Waals surface area contributed by atoms with Crippen LogP contribution in [-0.2, 0) is 10.8 Å². The number of benzene rings is 1. The fourth-order valence-corrected chi connectivity index (χ4v) is 4.68. The van der Waals surface area contributed by atoms with Crippen LogP contribution in [0.25, 0.3) is 0 Å². The van der Waals surface area contributed by atoms with Crippen molar-refractivity contribution < 1.29 is 9.13 Å². The molecule has 0 bridgehead atoms. The maximum atomic E-state index is 12.1. The van der Waals surface area contributed by atoms with Crippen molar-refractivity contribution in [3.63, 3.8) is 0 Å². The normalized spacial score (nSPS) is 20.3. The molecule has 1 aromatic rings. The lowest BCUT2D eigenvalue weighted by Gasteiger charge is -2.30. The van der Waals surface area contributed by atoms with Crippen LogP contribution in [0.15, 0.2) is 29.3 Å². The number of nitrogens with one attached hydrogen (secondary N) is 3. The van der Waals surface area contributed by atoms with E-state index in [1.165, 1.54) is 12.1 Å². The minimum absolute atomic E-state index is 0. The molecule has 1 aliphatic carbocycles. The topological polar surface area (TPSA) is 109 Å². The molecule has 0 amide bonds. The van der Waals surface area contributed by atoms with Gasteiger partial charge in [-0.05, 0) is 38.3 Å². The second-order valence-corrected chi connectivity index (χ2v) is 8.80. The first-order chi connectivity index (χ1) is 13.5. The zero-order valence-electron chi connectivity index (χ0n) is 17.1. The van der Waals surface area contributed by atoms with Gasteiger partial charge >= 0.3 is 0 Å². The summed E-state index contributed by atoms with van der Waals surface area (Å²) in [4.78, 5) is 14.9. The maximum Gasteiger partial charge on any atom is 0.269 e. The van der Waals surface area contributed by atoms with E-state index >= 15 is 0 Å². The number of guanidine groups is 1. The molecule has 0 saturated heterocycles. The van der Waals surface area contributed by atoms with Crippen molar-refractivity contribution in [2.45, 2.75) is 50.8 Å². The molecule has 1 fully saturated rings. The predicted octanol–water partition coefficient (Wildman–Crippen LogP) is 3.26. The number of nitrogens with zero attached hydrogens (tertiary/aromatic N) is 2.